The molecule has 0 rings (SSSR count). The first-order valence-corrected chi connectivity index (χ1v) is 5.36. The van der Waals surface area contributed by atoms with Crippen LogP contribution in [0.3, 0.4) is 0 Å². The predicted octanol–water partition coefficient (Wildman–Crippen LogP) is 1.73. The van der Waals surface area contributed by atoms with Gasteiger partial charge in [-0.3, -0.25) is 4.79 Å². The van der Waals surface area contributed by atoms with Crippen molar-refractivity contribution in [3.63, 3.8) is 0 Å². The minimum absolute atomic E-state index is 0.326. The maximum absolute atomic E-state index is 12.1. The number of rotatable bonds is 4. The Hall–Kier alpha value is -1.20. The summed E-state index contributed by atoms with van der Waals surface area (Å²) < 4.78 is 29.2. The van der Waals surface area contributed by atoms with E-state index in [1.807, 2.05) is 5.32 Å². The van der Waals surface area contributed by atoms with Crippen molar-refractivity contribution in [1.82, 2.24) is 5.32 Å². The molecule has 1 atom stereocenters. The number of esters is 1. The van der Waals surface area contributed by atoms with Crippen LogP contribution in [0.4, 0.5) is 8.78 Å². The lowest BCUT2D eigenvalue weighted by Crippen LogP contribution is -2.48. The highest BCUT2D eigenvalue weighted by Crippen LogP contribution is 2.12. The van der Waals surface area contributed by atoms with Crippen molar-refractivity contribution in [2.75, 3.05) is 0 Å². The van der Waals surface area contributed by atoms with E-state index >= 15 is 0 Å². The number of ether oxygens (including phenoxy) is 1. The first-order chi connectivity index (χ1) is 7.54. The van der Waals surface area contributed by atoms with E-state index in [0.29, 0.717) is 0 Å². The SMILES string of the molecule is CC(C)[C@@H](NC(=O)C(F)F)C(=O)OC(C)(C)C. The molecule has 6 heteroatoms. The molecule has 0 unspecified atom stereocenters. The lowest BCUT2D eigenvalue weighted by Gasteiger charge is -2.26. The Labute approximate surface area is 99.7 Å². The van der Waals surface area contributed by atoms with Gasteiger partial charge in [0, 0.05) is 0 Å². The van der Waals surface area contributed by atoms with Crippen LogP contribution in [0.1, 0.15) is 34.6 Å². The van der Waals surface area contributed by atoms with E-state index in [1.54, 1.807) is 34.6 Å². The van der Waals surface area contributed by atoms with E-state index in [-0.39, 0.29) is 5.92 Å². The second-order valence-electron chi connectivity index (χ2n) is 5.06. The summed E-state index contributed by atoms with van der Waals surface area (Å²) in [6, 6.07) is -1.06. The lowest BCUT2D eigenvalue weighted by molar-refractivity contribution is -0.160. The van der Waals surface area contributed by atoms with Crippen LogP contribution >= 0.6 is 0 Å². The topological polar surface area (TPSA) is 55.4 Å². The number of halogens is 2. The Morgan fingerprint density at radius 1 is 1.18 bits per heavy atom. The summed E-state index contributed by atoms with van der Waals surface area (Å²) in [7, 11) is 0. The number of amides is 1. The molecule has 0 aromatic rings. The van der Waals surface area contributed by atoms with Gasteiger partial charge >= 0.3 is 12.4 Å². The van der Waals surface area contributed by atoms with Gasteiger partial charge < -0.3 is 10.1 Å². The number of alkyl halides is 2. The lowest BCUT2D eigenvalue weighted by atomic mass is 10.0. The average Bonchev–Trinajstić information content (AvgIpc) is 2.09. The summed E-state index contributed by atoms with van der Waals surface area (Å²) in [6.45, 7) is 8.27. The summed E-state index contributed by atoms with van der Waals surface area (Å²) in [5, 5.41) is 1.97. The van der Waals surface area contributed by atoms with Crippen molar-refractivity contribution in [3.05, 3.63) is 0 Å². The smallest absolute Gasteiger partial charge is 0.329 e. The van der Waals surface area contributed by atoms with Gasteiger partial charge in [0.2, 0.25) is 0 Å². The van der Waals surface area contributed by atoms with Gasteiger partial charge in [-0.2, -0.15) is 8.78 Å². The monoisotopic (exact) mass is 251 g/mol. The molecular weight excluding hydrogens is 232 g/mol. The molecule has 0 fully saturated rings. The number of hydrogen-bond acceptors (Lipinski definition) is 3. The van der Waals surface area contributed by atoms with Crippen LogP contribution < -0.4 is 5.32 Å². The van der Waals surface area contributed by atoms with Crippen molar-refractivity contribution in [2.45, 2.75) is 52.7 Å². The first-order valence-electron chi connectivity index (χ1n) is 5.36. The van der Waals surface area contributed by atoms with Crippen molar-refractivity contribution < 1.29 is 23.1 Å². The number of carbonyl (C=O) groups is 2. The Morgan fingerprint density at radius 2 is 1.65 bits per heavy atom. The summed E-state index contributed by atoms with van der Waals surface area (Å²) >= 11 is 0. The van der Waals surface area contributed by atoms with Crippen LogP contribution in [0.5, 0.6) is 0 Å². The molecule has 17 heavy (non-hydrogen) atoms. The van der Waals surface area contributed by atoms with Gasteiger partial charge in [-0.15, -0.1) is 0 Å². The van der Waals surface area contributed by atoms with Crippen LogP contribution in [-0.4, -0.2) is 29.9 Å². The summed E-state index contributed by atoms with van der Waals surface area (Å²) in [5.41, 5.74) is -0.722. The highest BCUT2D eigenvalue weighted by molar-refractivity contribution is 5.86. The van der Waals surface area contributed by atoms with Gasteiger partial charge in [-0.25, -0.2) is 4.79 Å². The Morgan fingerprint density at radius 3 is 1.94 bits per heavy atom. The van der Waals surface area contributed by atoms with Gasteiger partial charge in [0.25, 0.3) is 5.91 Å². The largest absolute Gasteiger partial charge is 0.458 e. The van der Waals surface area contributed by atoms with Gasteiger partial charge in [-0.05, 0) is 26.7 Å². The van der Waals surface area contributed by atoms with Gasteiger partial charge in [0.15, 0.2) is 0 Å². The molecule has 1 amide bonds. The molecule has 4 nitrogen and oxygen atoms in total. The van der Waals surface area contributed by atoms with Crippen molar-refractivity contribution in [2.24, 2.45) is 5.92 Å². The molecule has 0 radical (unpaired) electrons. The maximum atomic E-state index is 12.1. The van der Waals surface area contributed by atoms with Gasteiger partial charge in [0.05, 0.1) is 0 Å². The zero-order valence-corrected chi connectivity index (χ0v) is 10.7. The summed E-state index contributed by atoms with van der Waals surface area (Å²) in [5.74, 6) is -2.50. The van der Waals surface area contributed by atoms with E-state index in [2.05, 4.69) is 0 Å². The molecule has 0 bridgehead atoms. The van der Waals surface area contributed by atoms with E-state index in [0.717, 1.165) is 0 Å². The number of carbonyl (C=O) groups excluding carboxylic acids is 2. The molecule has 0 aliphatic carbocycles. The van der Waals surface area contributed by atoms with Crippen LogP contribution in [0.2, 0.25) is 0 Å². The molecule has 0 aliphatic rings. The van der Waals surface area contributed by atoms with Crippen LogP contribution in [0, 0.1) is 5.92 Å². The molecule has 0 saturated carbocycles. The highest BCUT2D eigenvalue weighted by Gasteiger charge is 2.31. The van der Waals surface area contributed by atoms with E-state index in [9.17, 15) is 18.4 Å². The third-order valence-electron chi connectivity index (χ3n) is 1.82. The van der Waals surface area contributed by atoms with Crippen LogP contribution in [-0.2, 0) is 14.3 Å². The van der Waals surface area contributed by atoms with Crippen molar-refractivity contribution in [1.29, 1.82) is 0 Å². The molecule has 0 heterocycles. The van der Waals surface area contributed by atoms with Gasteiger partial charge in [0.1, 0.15) is 11.6 Å². The maximum Gasteiger partial charge on any atom is 0.329 e. The second-order valence-corrected chi connectivity index (χ2v) is 5.06. The minimum atomic E-state index is -3.14. The summed E-state index contributed by atoms with van der Waals surface area (Å²) in [6.07, 6.45) is -3.14. The molecular formula is C11H19F2NO3. The third-order valence-corrected chi connectivity index (χ3v) is 1.82. The highest BCUT2D eigenvalue weighted by atomic mass is 19.3. The quantitative estimate of drug-likeness (QED) is 0.774. The van der Waals surface area contributed by atoms with E-state index < -0.39 is 29.9 Å². The fourth-order valence-corrected chi connectivity index (χ4v) is 1.08. The normalized spacial score (nSPS) is 13.7. The molecule has 0 aromatic carbocycles. The molecule has 100 valence electrons. The molecule has 1 N–H and O–H groups in total. The summed E-state index contributed by atoms with van der Waals surface area (Å²) in [4.78, 5) is 22.5. The van der Waals surface area contributed by atoms with Gasteiger partial charge in [-0.1, -0.05) is 13.8 Å². The third kappa shape index (κ3) is 6.19. The standard InChI is InChI=1S/C11H19F2NO3/c1-6(2)7(14-9(15)8(12)13)10(16)17-11(3,4)5/h6-8H,1-5H3,(H,14,15)/t7-/m1/s1. The zero-order valence-electron chi connectivity index (χ0n) is 10.7. The molecule has 0 aromatic heterocycles. The minimum Gasteiger partial charge on any atom is -0.458 e. The molecule has 0 spiro atoms. The predicted molar refractivity (Wildman–Crippen MR) is 58.6 cm³/mol. The average molecular weight is 251 g/mol. The van der Waals surface area contributed by atoms with Crippen molar-refractivity contribution >= 4 is 11.9 Å². The Balaban J connectivity index is 4.64. The molecule has 0 saturated heterocycles. The van der Waals surface area contributed by atoms with Crippen molar-refractivity contribution in [3.8, 4) is 0 Å². The second kappa shape index (κ2) is 5.93. The Bertz CT molecular complexity index is 285. The number of hydrogen-bond donors (Lipinski definition) is 1. The van der Waals surface area contributed by atoms with E-state index in [1.165, 1.54) is 0 Å². The van der Waals surface area contributed by atoms with E-state index in [4.69, 9.17) is 4.74 Å². The fourth-order valence-electron chi connectivity index (χ4n) is 1.08. The fraction of sp³-hybridized carbons (Fsp3) is 0.818. The number of nitrogens with one attached hydrogen (secondary N) is 1. The Kier molecular flexibility index (Phi) is 5.51. The van der Waals surface area contributed by atoms with Crippen LogP contribution in [0.25, 0.3) is 0 Å². The first kappa shape index (κ1) is 15.8. The zero-order chi connectivity index (χ0) is 13.8. The van der Waals surface area contributed by atoms with Crippen LogP contribution in [0.15, 0.2) is 0 Å². The molecule has 0 aliphatic heterocycles.